The molecule has 1 amide bonds. The number of nitrogens with one attached hydrogen (secondary N) is 1. The van der Waals surface area contributed by atoms with E-state index in [0.717, 1.165) is 31.7 Å². The molecule has 2 aliphatic rings. The van der Waals surface area contributed by atoms with Crippen molar-refractivity contribution in [1.29, 1.82) is 0 Å². The summed E-state index contributed by atoms with van der Waals surface area (Å²) in [7, 11) is 0. The fourth-order valence-electron chi connectivity index (χ4n) is 3.41. The van der Waals surface area contributed by atoms with Gasteiger partial charge in [-0.2, -0.15) is 0 Å². The van der Waals surface area contributed by atoms with Gasteiger partial charge in [0.15, 0.2) is 0 Å². The van der Waals surface area contributed by atoms with Crippen LogP contribution in [0.3, 0.4) is 0 Å². The summed E-state index contributed by atoms with van der Waals surface area (Å²) in [5.74, 6) is -3.31. The molecule has 0 aliphatic heterocycles. The Hall–Kier alpha value is -1.98. The molecule has 2 fully saturated rings. The van der Waals surface area contributed by atoms with E-state index in [1.54, 1.807) is 0 Å². The van der Waals surface area contributed by atoms with Gasteiger partial charge in [0.2, 0.25) is 5.91 Å². The summed E-state index contributed by atoms with van der Waals surface area (Å²) < 4.78 is 27.0. The Morgan fingerprint density at radius 1 is 1.10 bits per heavy atom. The van der Waals surface area contributed by atoms with Crippen molar-refractivity contribution < 1.29 is 23.5 Å². The molecule has 0 spiro atoms. The van der Waals surface area contributed by atoms with Gasteiger partial charge in [0.05, 0.1) is 11.3 Å². The van der Waals surface area contributed by atoms with E-state index in [1.807, 2.05) is 0 Å². The number of carbonyl (C=O) groups is 2. The van der Waals surface area contributed by atoms with E-state index >= 15 is 0 Å². The predicted molar refractivity (Wildman–Crippen MR) is 70.9 cm³/mol. The van der Waals surface area contributed by atoms with E-state index in [9.17, 15) is 18.4 Å². The van der Waals surface area contributed by atoms with Gasteiger partial charge in [-0.05, 0) is 30.7 Å². The number of fused-ring (bicyclic) bond motifs is 1. The molecule has 4 nitrogen and oxygen atoms in total. The minimum atomic E-state index is -1.50. The number of halogens is 2. The van der Waals surface area contributed by atoms with Gasteiger partial charge in [-0.25, -0.2) is 13.6 Å². The first kappa shape index (κ1) is 14.0. The lowest BCUT2D eigenvalue weighted by atomic mass is 10.0. The van der Waals surface area contributed by atoms with Gasteiger partial charge in [-0.1, -0.05) is 12.8 Å². The highest BCUT2D eigenvalue weighted by Gasteiger charge is 2.54. The number of carboxylic acid groups (broad SMARTS) is 1. The van der Waals surface area contributed by atoms with Gasteiger partial charge >= 0.3 is 5.97 Å². The van der Waals surface area contributed by atoms with E-state index in [-0.39, 0.29) is 17.5 Å². The third-order valence-corrected chi connectivity index (χ3v) is 4.50. The molecule has 1 aromatic carbocycles. The quantitative estimate of drug-likeness (QED) is 0.900. The molecule has 21 heavy (non-hydrogen) atoms. The second-order valence-electron chi connectivity index (χ2n) is 5.74. The van der Waals surface area contributed by atoms with Crippen molar-refractivity contribution in [3.05, 3.63) is 29.3 Å². The summed E-state index contributed by atoms with van der Waals surface area (Å²) in [6.45, 7) is 0. The van der Waals surface area contributed by atoms with Crippen LogP contribution in [0.4, 0.5) is 14.5 Å². The van der Waals surface area contributed by atoms with Crippen LogP contribution in [0.25, 0.3) is 0 Å². The van der Waals surface area contributed by atoms with E-state index in [2.05, 4.69) is 5.32 Å². The number of hydrogen-bond acceptors (Lipinski definition) is 2. The molecule has 0 aromatic heterocycles. The zero-order valence-corrected chi connectivity index (χ0v) is 11.2. The van der Waals surface area contributed by atoms with Crippen LogP contribution in [0.1, 0.15) is 36.0 Å². The summed E-state index contributed by atoms with van der Waals surface area (Å²) in [6.07, 6.45) is 4.24. The van der Waals surface area contributed by atoms with Gasteiger partial charge in [-0.3, -0.25) is 4.79 Å². The Kier molecular flexibility index (Phi) is 3.39. The van der Waals surface area contributed by atoms with E-state index < -0.39 is 23.2 Å². The van der Waals surface area contributed by atoms with Gasteiger partial charge in [0, 0.05) is 12.0 Å². The lowest BCUT2D eigenvalue weighted by molar-refractivity contribution is -0.117. The van der Waals surface area contributed by atoms with E-state index in [1.165, 1.54) is 0 Å². The van der Waals surface area contributed by atoms with Crippen LogP contribution < -0.4 is 5.32 Å². The van der Waals surface area contributed by atoms with Crippen LogP contribution in [0, 0.1) is 29.4 Å². The van der Waals surface area contributed by atoms with Gasteiger partial charge in [0.1, 0.15) is 11.6 Å². The lowest BCUT2D eigenvalue weighted by Gasteiger charge is -2.08. The molecule has 2 aliphatic carbocycles. The molecular formula is C15H15F2NO3. The van der Waals surface area contributed by atoms with Crippen LogP contribution in [0.15, 0.2) is 12.1 Å². The second-order valence-corrected chi connectivity index (χ2v) is 5.74. The molecule has 0 radical (unpaired) electrons. The molecule has 0 saturated heterocycles. The number of benzene rings is 1. The van der Waals surface area contributed by atoms with Gasteiger partial charge in [0.25, 0.3) is 0 Å². The van der Waals surface area contributed by atoms with E-state index in [4.69, 9.17) is 5.11 Å². The average molecular weight is 295 g/mol. The fraction of sp³-hybridized carbons (Fsp3) is 0.467. The Morgan fingerprint density at radius 3 is 2.29 bits per heavy atom. The molecule has 0 heterocycles. The topological polar surface area (TPSA) is 66.4 Å². The van der Waals surface area contributed by atoms with Crippen molar-refractivity contribution in [3.63, 3.8) is 0 Å². The van der Waals surface area contributed by atoms with Gasteiger partial charge in [-0.15, -0.1) is 0 Å². The minimum Gasteiger partial charge on any atom is -0.478 e. The molecule has 0 bridgehead atoms. The first-order valence-electron chi connectivity index (χ1n) is 7.02. The highest BCUT2D eigenvalue weighted by Crippen LogP contribution is 2.55. The first-order valence-corrected chi connectivity index (χ1v) is 7.02. The highest BCUT2D eigenvalue weighted by molar-refractivity contribution is 5.96. The van der Waals surface area contributed by atoms with Crippen molar-refractivity contribution >= 4 is 17.6 Å². The number of anilines is 1. The summed E-state index contributed by atoms with van der Waals surface area (Å²) in [5, 5.41) is 11.2. The molecule has 1 aromatic rings. The smallest absolute Gasteiger partial charge is 0.338 e. The molecule has 6 heteroatoms. The number of aromatic carboxylic acids is 1. The third-order valence-electron chi connectivity index (χ3n) is 4.50. The summed E-state index contributed by atoms with van der Waals surface area (Å²) >= 11 is 0. The van der Waals surface area contributed by atoms with Gasteiger partial charge < -0.3 is 10.4 Å². The van der Waals surface area contributed by atoms with Crippen molar-refractivity contribution in [3.8, 4) is 0 Å². The fourth-order valence-corrected chi connectivity index (χ4v) is 3.41. The molecule has 2 saturated carbocycles. The monoisotopic (exact) mass is 295 g/mol. The number of carbonyl (C=O) groups excluding carboxylic acids is 1. The van der Waals surface area contributed by atoms with E-state index in [0.29, 0.717) is 17.9 Å². The Balaban J connectivity index is 1.77. The highest BCUT2D eigenvalue weighted by atomic mass is 19.1. The van der Waals surface area contributed by atoms with Crippen LogP contribution >= 0.6 is 0 Å². The zero-order chi connectivity index (χ0) is 15.1. The SMILES string of the molecule is O=C(O)c1cc(NC(=O)C2C3CCCCC32)c(F)cc1F. The van der Waals surface area contributed by atoms with Crippen LogP contribution in [-0.4, -0.2) is 17.0 Å². The largest absolute Gasteiger partial charge is 0.478 e. The van der Waals surface area contributed by atoms with Crippen molar-refractivity contribution in [1.82, 2.24) is 0 Å². The van der Waals surface area contributed by atoms with Crippen LogP contribution in [0.5, 0.6) is 0 Å². The first-order chi connectivity index (χ1) is 9.99. The Bertz CT molecular complexity index is 605. The maximum Gasteiger partial charge on any atom is 0.338 e. The number of carboxylic acids is 1. The van der Waals surface area contributed by atoms with Crippen LogP contribution in [0.2, 0.25) is 0 Å². The predicted octanol–water partition coefficient (Wildman–Crippen LogP) is 3.04. The average Bonchev–Trinajstić information content (AvgIpc) is 3.15. The molecule has 2 atom stereocenters. The lowest BCUT2D eigenvalue weighted by Crippen LogP contribution is -2.17. The Labute approximate surface area is 120 Å². The Morgan fingerprint density at radius 2 is 1.71 bits per heavy atom. The summed E-state index contributed by atoms with van der Waals surface area (Å²) in [4.78, 5) is 23.0. The van der Waals surface area contributed by atoms with Crippen molar-refractivity contribution in [2.24, 2.45) is 17.8 Å². The molecule has 2 unspecified atom stereocenters. The maximum atomic E-state index is 13.7. The normalized spacial score (nSPS) is 26.9. The van der Waals surface area contributed by atoms with Crippen LogP contribution in [-0.2, 0) is 4.79 Å². The summed E-state index contributed by atoms with van der Waals surface area (Å²) in [5.41, 5.74) is -0.928. The molecule has 112 valence electrons. The maximum absolute atomic E-state index is 13.7. The third kappa shape index (κ3) is 2.50. The standard InChI is InChI=1S/C15H15F2NO3/c16-10-6-11(17)12(5-9(10)15(20)21)18-14(19)13-7-3-1-2-4-8(7)13/h5-8,13H,1-4H2,(H,18,19)(H,20,21). The van der Waals surface area contributed by atoms with Crippen molar-refractivity contribution in [2.45, 2.75) is 25.7 Å². The van der Waals surface area contributed by atoms with Crippen molar-refractivity contribution in [2.75, 3.05) is 5.32 Å². The molecule has 3 rings (SSSR count). The number of hydrogen-bond donors (Lipinski definition) is 2. The number of amides is 1. The second kappa shape index (κ2) is 5.09. The number of rotatable bonds is 3. The minimum absolute atomic E-state index is 0.120. The molecular weight excluding hydrogens is 280 g/mol. The summed E-state index contributed by atoms with van der Waals surface area (Å²) in [6, 6.07) is 1.32. The zero-order valence-electron chi connectivity index (χ0n) is 11.2. The molecule has 2 N–H and O–H groups in total.